The number of rotatable bonds is 5. The highest BCUT2D eigenvalue weighted by atomic mass is 16.7. The molecule has 1 aliphatic carbocycles. The summed E-state index contributed by atoms with van der Waals surface area (Å²) in [4.78, 5) is 11.9. The van der Waals surface area contributed by atoms with Gasteiger partial charge in [0.15, 0.2) is 11.2 Å². The topological polar surface area (TPSA) is 68.6 Å². The van der Waals surface area contributed by atoms with Crippen molar-refractivity contribution in [2.24, 2.45) is 5.41 Å². The highest BCUT2D eigenvalue weighted by Gasteiger charge is 2.49. The second-order valence-corrected chi connectivity index (χ2v) is 4.46. The highest BCUT2D eigenvalue weighted by Crippen LogP contribution is 2.43. The molecule has 18 heavy (non-hydrogen) atoms. The fourth-order valence-electron chi connectivity index (χ4n) is 2.36. The maximum atomic E-state index is 11.9. The van der Waals surface area contributed by atoms with Crippen molar-refractivity contribution in [3.63, 3.8) is 0 Å². The molecule has 0 spiro atoms. The van der Waals surface area contributed by atoms with Gasteiger partial charge in [-0.15, -0.1) is 0 Å². The molecule has 0 atom stereocenters. The Morgan fingerprint density at radius 2 is 1.83 bits per heavy atom. The van der Waals surface area contributed by atoms with Gasteiger partial charge in [-0.1, -0.05) is 0 Å². The molecule has 5 heteroatoms. The van der Waals surface area contributed by atoms with E-state index < -0.39 is 17.2 Å². The zero-order valence-electron chi connectivity index (χ0n) is 11.3. The first-order chi connectivity index (χ1) is 8.58. The summed E-state index contributed by atoms with van der Waals surface area (Å²) >= 11 is 0. The van der Waals surface area contributed by atoms with E-state index in [0.29, 0.717) is 38.9 Å². The molecule has 0 aliphatic heterocycles. The third kappa shape index (κ3) is 2.82. The van der Waals surface area contributed by atoms with E-state index in [1.54, 1.807) is 14.0 Å². The third-order valence-corrected chi connectivity index (χ3v) is 3.52. The van der Waals surface area contributed by atoms with Crippen LogP contribution in [0, 0.1) is 16.7 Å². The van der Waals surface area contributed by atoms with Gasteiger partial charge in [0, 0.05) is 26.6 Å². The third-order valence-electron chi connectivity index (χ3n) is 3.52. The summed E-state index contributed by atoms with van der Waals surface area (Å²) in [6, 6.07) is 2.12. The minimum absolute atomic E-state index is 0.295. The standard InChI is InChI=1S/C13H21NO4/c1-4-17-11(15)12(10-14)6-8-13(16-3,9-7-12)18-5-2/h4-9H2,1-3H3. The van der Waals surface area contributed by atoms with E-state index >= 15 is 0 Å². The summed E-state index contributed by atoms with van der Waals surface area (Å²) in [5, 5.41) is 9.28. The second-order valence-electron chi connectivity index (χ2n) is 4.46. The number of carbonyl (C=O) groups is 1. The lowest BCUT2D eigenvalue weighted by Crippen LogP contribution is -2.45. The number of nitrogens with zero attached hydrogens (tertiary/aromatic N) is 1. The summed E-state index contributed by atoms with van der Waals surface area (Å²) in [5.41, 5.74) is -1.03. The van der Waals surface area contributed by atoms with Crippen molar-refractivity contribution in [1.29, 1.82) is 5.26 Å². The van der Waals surface area contributed by atoms with Crippen LogP contribution in [0.5, 0.6) is 0 Å². The minimum Gasteiger partial charge on any atom is -0.465 e. The number of hydrogen-bond acceptors (Lipinski definition) is 5. The van der Waals surface area contributed by atoms with Gasteiger partial charge >= 0.3 is 5.97 Å². The number of esters is 1. The summed E-state index contributed by atoms with van der Waals surface area (Å²) in [5.74, 6) is -1.07. The van der Waals surface area contributed by atoms with E-state index in [-0.39, 0.29) is 0 Å². The van der Waals surface area contributed by atoms with Crippen LogP contribution in [0.15, 0.2) is 0 Å². The summed E-state index contributed by atoms with van der Waals surface area (Å²) < 4.78 is 16.0. The summed E-state index contributed by atoms with van der Waals surface area (Å²) in [6.07, 6.45) is 1.89. The molecule has 0 aromatic rings. The van der Waals surface area contributed by atoms with Crippen molar-refractivity contribution >= 4 is 5.97 Å². The zero-order valence-corrected chi connectivity index (χ0v) is 11.3. The molecule has 0 amide bonds. The largest absolute Gasteiger partial charge is 0.465 e. The van der Waals surface area contributed by atoms with Gasteiger partial charge in [0.05, 0.1) is 12.7 Å². The molecule has 1 aliphatic rings. The van der Waals surface area contributed by atoms with Crippen LogP contribution < -0.4 is 0 Å². The first-order valence-corrected chi connectivity index (χ1v) is 6.35. The van der Waals surface area contributed by atoms with Crippen LogP contribution >= 0.6 is 0 Å². The van der Waals surface area contributed by atoms with Crippen LogP contribution in [0.25, 0.3) is 0 Å². The van der Waals surface area contributed by atoms with Crippen LogP contribution in [0.3, 0.4) is 0 Å². The van der Waals surface area contributed by atoms with E-state index in [1.165, 1.54) is 0 Å². The molecule has 0 N–H and O–H groups in total. The van der Waals surface area contributed by atoms with Crippen LogP contribution in [0.2, 0.25) is 0 Å². The lowest BCUT2D eigenvalue weighted by Gasteiger charge is -2.40. The van der Waals surface area contributed by atoms with E-state index in [0.717, 1.165) is 0 Å². The summed E-state index contributed by atoms with van der Waals surface area (Å²) in [6.45, 7) is 4.49. The van der Waals surface area contributed by atoms with Crippen LogP contribution in [-0.4, -0.2) is 32.1 Å². The predicted octanol–water partition coefficient (Wildman–Crippen LogP) is 2.01. The van der Waals surface area contributed by atoms with Crippen molar-refractivity contribution < 1.29 is 19.0 Å². The maximum absolute atomic E-state index is 11.9. The Hall–Kier alpha value is -1.12. The smallest absolute Gasteiger partial charge is 0.326 e. The van der Waals surface area contributed by atoms with Gasteiger partial charge in [-0.3, -0.25) is 4.79 Å². The predicted molar refractivity (Wildman–Crippen MR) is 64.5 cm³/mol. The Morgan fingerprint density at radius 3 is 2.22 bits per heavy atom. The van der Waals surface area contributed by atoms with Crippen LogP contribution in [0.4, 0.5) is 0 Å². The zero-order chi connectivity index (χ0) is 13.6. The first kappa shape index (κ1) is 14.9. The van der Waals surface area contributed by atoms with Crippen molar-refractivity contribution in [1.82, 2.24) is 0 Å². The average molecular weight is 255 g/mol. The van der Waals surface area contributed by atoms with Crippen molar-refractivity contribution in [3.05, 3.63) is 0 Å². The number of carbonyl (C=O) groups excluding carboxylic acids is 1. The Labute approximate surface area is 108 Å². The van der Waals surface area contributed by atoms with Gasteiger partial charge in [0.2, 0.25) is 0 Å². The molecule has 0 aromatic heterocycles. The monoisotopic (exact) mass is 255 g/mol. The average Bonchev–Trinajstić information content (AvgIpc) is 2.40. The van der Waals surface area contributed by atoms with Gasteiger partial charge in [-0.2, -0.15) is 5.26 Å². The SMILES string of the molecule is CCOC(=O)C1(C#N)CCC(OC)(OCC)CC1. The van der Waals surface area contributed by atoms with E-state index in [4.69, 9.17) is 14.2 Å². The van der Waals surface area contributed by atoms with Crippen molar-refractivity contribution in [2.75, 3.05) is 20.3 Å². The van der Waals surface area contributed by atoms with Crippen molar-refractivity contribution in [2.45, 2.75) is 45.3 Å². The Morgan fingerprint density at radius 1 is 1.22 bits per heavy atom. The Bertz CT molecular complexity index is 326. The van der Waals surface area contributed by atoms with E-state index in [2.05, 4.69) is 6.07 Å². The number of ether oxygens (including phenoxy) is 3. The van der Waals surface area contributed by atoms with Gasteiger partial charge in [-0.25, -0.2) is 0 Å². The van der Waals surface area contributed by atoms with Gasteiger partial charge < -0.3 is 14.2 Å². The first-order valence-electron chi connectivity index (χ1n) is 6.35. The number of methoxy groups -OCH3 is 1. The lowest BCUT2D eigenvalue weighted by molar-refractivity contribution is -0.244. The van der Waals surface area contributed by atoms with Gasteiger partial charge in [-0.05, 0) is 26.7 Å². The molecule has 0 heterocycles. The van der Waals surface area contributed by atoms with Crippen LogP contribution in [0.1, 0.15) is 39.5 Å². The highest BCUT2D eigenvalue weighted by molar-refractivity contribution is 5.80. The lowest BCUT2D eigenvalue weighted by atomic mass is 9.73. The molecule has 1 saturated carbocycles. The molecule has 0 bridgehead atoms. The van der Waals surface area contributed by atoms with Crippen molar-refractivity contribution in [3.8, 4) is 6.07 Å². The molecule has 1 fully saturated rings. The molecule has 1 rings (SSSR count). The Kier molecular flexibility index (Phi) is 5.12. The van der Waals surface area contributed by atoms with Crippen LogP contribution in [-0.2, 0) is 19.0 Å². The van der Waals surface area contributed by atoms with Gasteiger partial charge in [0.25, 0.3) is 0 Å². The molecule has 102 valence electrons. The number of nitriles is 1. The number of hydrogen-bond donors (Lipinski definition) is 0. The fraction of sp³-hybridized carbons (Fsp3) is 0.846. The quantitative estimate of drug-likeness (QED) is 0.555. The normalized spacial score (nSPS) is 31.7. The molecule has 0 aromatic carbocycles. The molecular formula is C13H21NO4. The Balaban J connectivity index is 2.76. The molecule has 0 saturated heterocycles. The molecule has 5 nitrogen and oxygen atoms in total. The molecular weight excluding hydrogens is 234 g/mol. The fourth-order valence-corrected chi connectivity index (χ4v) is 2.36. The van der Waals surface area contributed by atoms with E-state index in [9.17, 15) is 10.1 Å². The van der Waals surface area contributed by atoms with E-state index in [1.807, 2.05) is 6.92 Å². The maximum Gasteiger partial charge on any atom is 0.326 e. The molecule has 0 radical (unpaired) electrons. The summed E-state index contributed by atoms with van der Waals surface area (Å²) in [7, 11) is 1.60. The van der Waals surface area contributed by atoms with Gasteiger partial charge in [0.1, 0.15) is 0 Å². The molecule has 0 unspecified atom stereocenters. The minimum atomic E-state index is -1.03. The second kappa shape index (κ2) is 6.17.